The van der Waals surface area contributed by atoms with Crippen LogP contribution in [0.4, 0.5) is 0 Å². The molecule has 0 saturated carbocycles. The van der Waals surface area contributed by atoms with E-state index in [4.69, 9.17) is 23.4 Å². The fraction of sp³-hybridized carbons (Fsp3) is 0.323. The van der Waals surface area contributed by atoms with E-state index in [1.807, 2.05) is 0 Å². The first-order valence-corrected chi connectivity index (χ1v) is 13.5. The predicted octanol–water partition coefficient (Wildman–Crippen LogP) is 5.42. The number of unbranched alkanes of at least 4 members (excludes halogenated alkanes) is 3. The lowest BCUT2D eigenvalue weighted by Gasteiger charge is -2.33. The van der Waals surface area contributed by atoms with Crippen LogP contribution in [0.1, 0.15) is 44.3 Å². The van der Waals surface area contributed by atoms with Crippen LogP contribution in [-0.4, -0.2) is 46.9 Å². The first-order valence-electron chi connectivity index (χ1n) is 13.5. The number of phenolic OH excluding ortho intramolecular Hbond substituents is 2. The third kappa shape index (κ3) is 5.55. The Morgan fingerprint density at radius 2 is 1.73 bits per heavy atom. The molecule has 0 saturated heterocycles. The number of hydrogen-bond acceptors (Lipinski definition) is 10. The fourth-order valence-electron chi connectivity index (χ4n) is 4.83. The van der Waals surface area contributed by atoms with Gasteiger partial charge in [0.15, 0.2) is 41.0 Å². The number of ether oxygens (including phenoxy) is 4. The van der Waals surface area contributed by atoms with Crippen molar-refractivity contribution in [3.63, 3.8) is 0 Å². The van der Waals surface area contributed by atoms with E-state index < -0.39 is 23.4 Å². The van der Waals surface area contributed by atoms with Crippen LogP contribution in [-0.2, 0) is 0 Å². The standard InChI is InChI=1S/C31H32O10/c1-3-4-5-6-11-38-19-14-21(34)27-25(15-19)41-31(29(36)28(27)35)18-8-10-22-24(13-18)40-30(26(16-32)39-22)17-7-9-20(33)23(12-17)37-2/h7-10,12-15,26,30,32-34,36H,3-6,11,16H2,1-2H3. The molecule has 0 spiro atoms. The lowest BCUT2D eigenvalue weighted by Crippen LogP contribution is -2.36. The Bertz CT molecular complexity index is 1610. The third-order valence-electron chi connectivity index (χ3n) is 6.98. The first-order chi connectivity index (χ1) is 19.8. The Kier molecular flexibility index (Phi) is 8.11. The predicted molar refractivity (Wildman–Crippen MR) is 150 cm³/mol. The Morgan fingerprint density at radius 3 is 2.49 bits per heavy atom. The molecular formula is C31H32O10. The summed E-state index contributed by atoms with van der Waals surface area (Å²) in [6, 6.07) is 12.2. The van der Waals surface area contributed by atoms with Crippen molar-refractivity contribution in [2.75, 3.05) is 20.3 Å². The summed E-state index contributed by atoms with van der Waals surface area (Å²) >= 11 is 0. The highest BCUT2D eigenvalue weighted by atomic mass is 16.6. The van der Waals surface area contributed by atoms with E-state index >= 15 is 0 Å². The van der Waals surface area contributed by atoms with Crippen LogP contribution in [0.3, 0.4) is 0 Å². The van der Waals surface area contributed by atoms with Gasteiger partial charge in [0.05, 0.1) is 20.3 Å². The van der Waals surface area contributed by atoms with Crippen LogP contribution < -0.4 is 24.4 Å². The van der Waals surface area contributed by atoms with Crippen LogP contribution in [0.15, 0.2) is 57.7 Å². The largest absolute Gasteiger partial charge is 0.507 e. The van der Waals surface area contributed by atoms with Crippen LogP contribution in [0.25, 0.3) is 22.3 Å². The summed E-state index contributed by atoms with van der Waals surface area (Å²) in [6.45, 7) is 2.23. The van der Waals surface area contributed by atoms with E-state index in [9.17, 15) is 25.2 Å². The Hall–Kier alpha value is -4.57. The number of benzene rings is 3. The number of hydrogen-bond donors (Lipinski definition) is 4. The van der Waals surface area contributed by atoms with E-state index in [1.54, 1.807) is 30.3 Å². The topological polar surface area (TPSA) is 148 Å². The molecule has 1 aliphatic rings. The maximum absolute atomic E-state index is 13.1. The molecule has 0 radical (unpaired) electrons. The molecule has 4 N–H and O–H groups in total. The Balaban J connectivity index is 1.49. The summed E-state index contributed by atoms with van der Waals surface area (Å²) in [7, 11) is 1.43. The summed E-state index contributed by atoms with van der Waals surface area (Å²) in [5, 5.41) is 41.1. The van der Waals surface area contributed by atoms with Gasteiger partial charge in [0.1, 0.15) is 22.5 Å². The van der Waals surface area contributed by atoms with Gasteiger partial charge in [-0.1, -0.05) is 32.3 Å². The number of aliphatic hydroxyl groups is 1. The zero-order valence-electron chi connectivity index (χ0n) is 22.8. The van der Waals surface area contributed by atoms with E-state index in [0.717, 1.165) is 25.7 Å². The van der Waals surface area contributed by atoms with Gasteiger partial charge in [0, 0.05) is 23.3 Å². The summed E-state index contributed by atoms with van der Waals surface area (Å²) < 4.78 is 29.1. The van der Waals surface area contributed by atoms with Gasteiger partial charge < -0.3 is 43.8 Å². The molecule has 0 bridgehead atoms. The van der Waals surface area contributed by atoms with E-state index in [-0.39, 0.29) is 46.3 Å². The molecule has 0 amide bonds. The normalized spacial score (nSPS) is 16.1. The molecule has 4 aromatic rings. The summed E-state index contributed by atoms with van der Waals surface area (Å²) in [5.74, 6) is -0.00731. The van der Waals surface area contributed by atoms with Crippen LogP contribution in [0.5, 0.6) is 40.2 Å². The van der Waals surface area contributed by atoms with Crippen molar-refractivity contribution in [2.24, 2.45) is 0 Å². The molecule has 10 nitrogen and oxygen atoms in total. The maximum atomic E-state index is 13.1. The van der Waals surface area contributed by atoms with Gasteiger partial charge in [-0.2, -0.15) is 0 Å². The SMILES string of the molecule is CCCCCCOc1cc(O)c2c(=O)c(O)c(-c3ccc4c(c3)OC(c3ccc(O)c(OC)c3)C(CO)O4)oc2c1. The third-order valence-corrected chi connectivity index (χ3v) is 6.98. The van der Waals surface area contributed by atoms with Crippen molar-refractivity contribution in [3.8, 4) is 51.6 Å². The molecule has 1 aromatic heterocycles. The lowest BCUT2D eigenvalue weighted by molar-refractivity contribution is -0.0123. The molecule has 0 aliphatic carbocycles. The molecule has 2 atom stereocenters. The second kappa shape index (κ2) is 11.9. The molecule has 10 heteroatoms. The van der Waals surface area contributed by atoms with Gasteiger partial charge in [-0.05, 0) is 36.8 Å². The van der Waals surface area contributed by atoms with Crippen molar-refractivity contribution in [2.45, 2.75) is 44.8 Å². The number of aromatic hydroxyl groups is 3. The van der Waals surface area contributed by atoms with Crippen molar-refractivity contribution in [1.82, 2.24) is 0 Å². The second-order valence-electron chi connectivity index (χ2n) is 9.80. The number of aliphatic hydroxyl groups excluding tert-OH is 1. The molecule has 2 unspecified atom stereocenters. The Labute approximate surface area is 235 Å². The van der Waals surface area contributed by atoms with Gasteiger partial charge in [0.25, 0.3) is 0 Å². The molecule has 3 aromatic carbocycles. The molecular weight excluding hydrogens is 532 g/mol. The van der Waals surface area contributed by atoms with Crippen LogP contribution >= 0.6 is 0 Å². The summed E-state index contributed by atoms with van der Waals surface area (Å²) in [4.78, 5) is 13.1. The molecule has 216 valence electrons. The van der Waals surface area contributed by atoms with Gasteiger partial charge in [-0.3, -0.25) is 4.79 Å². The molecule has 1 aliphatic heterocycles. The highest BCUT2D eigenvalue weighted by Crippen LogP contribution is 2.44. The molecule has 0 fully saturated rings. The maximum Gasteiger partial charge on any atom is 0.238 e. The Morgan fingerprint density at radius 1 is 0.902 bits per heavy atom. The number of phenols is 2. The lowest BCUT2D eigenvalue weighted by atomic mass is 10.0. The van der Waals surface area contributed by atoms with Crippen molar-refractivity contribution >= 4 is 11.0 Å². The zero-order chi connectivity index (χ0) is 29.1. The quantitative estimate of drug-likeness (QED) is 0.184. The van der Waals surface area contributed by atoms with Gasteiger partial charge in [0.2, 0.25) is 11.2 Å². The van der Waals surface area contributed by atoms with Gasteiger partial charge >= 0.3 is 0 Å². The van der Waals surface area contributed by atoms with Gasteiger partial charge in [-0.15, -0.1) is 0 Å². The van der Waals surface area contributed by atoms with E-state index in [2.05, 4.69) is 6.92 Å². The zero-order valence-corrected chi connectivity index (χ0v) is 22.8. The fourth-order valence-corrected chi connectivity index (χ4v) is 4.83. The second-order valence-corrected chi connectivity index (χ2v) is 9.80. The van der Waals surface area contributed by atoms with E-state index in [1.165, 1.54) is 25.3 Å². The number of rotatable bonds is 10. The average molecular weight is 565 g/mol. The number of methoxy groups -OCH3 is 1. The number of fused-ring (bicyclic) bond motifs is 2. The smallest absolute Gasteiger partial charge is 0.238 e. The van der Waals surface area contributed by atoms with Crippen molar-refractivity contribution < 1.29 is 43.8 Å². The van der Waals surface area contributed by atoms with Crippen LogP contribution in [0, 0.1) is 0 Å². The monoisotopic (exact) mass is 564 g/mol. The highest BCUT2D eigenvalue weighted by Gasteiger charge is 2.34. The molecule has 5 rings (SSSR count). The van der Waals surface area contributed by atoms with Gasteiger partial charge in [-0.25, -0.2) is 0 Å². The minimum atomic E-state index is -0.794. The summed E-state index contributed by atoms with van der Waals surface area (Å²) in [5.41, 5.74) is 0.166. The minimum Gasteiger partial charge on any atom is -0.507 e. The molecule has 41 heavy (non-hydrogen) atoms. The minimum absolute atomic E-state index is 0.0471. The summed E-state index contributed by atoms with van der Waals surface area (Å²) in [6.07, 6.45) is 2.56. The van der Waals surface area contributed by atoms with Crippen molar-refractivity contribution in [1.29, 1.82) is 0 Å². The highest BCUT2D eigenvalue weighted by molar-refractivity contribution is 5.88. The first kappa shape index (κ1) is 28.0. The molecule has 2 heterocycles. The average Bonchev–Trinajstić information content (AvgIpc) is 2.98. The van der Waals surface area contributed by atoms with Crippen LogP contribution in [0.2, 0.25) is 0 Å². The van der Waals surface area contributed by atoms with E-state index in [0.29, 0.717) is 29.2 Å². The van der Waals surface area contributed by atoms with Crippen molar-refractivity contribution in [3.05, 3.63) is 64.3 Å².